The van der Waals surface area contributed by atoms with E-state index in [1.54, 1.807) is 18.2 Å². The number of rotatable bonds is 4. The molecular formula is C23H18ClN3O4. The summed E-state index contributed by atoms with van der Waals surface area (Å²) in [6.07, 6.45) is 0.688. The van der Waals surface area contributed by atoms with Crippen molar-refractivity contribution < 1.29 is 14.1 Å². The largest absolute Gasteiger partial charge is 0.378 e. The van der Waals surface area contributed by atoms with E-state index in [1.807, 2.05) is 35.2 Å². The summed E-state index contributed by atoms with van der Waals surface area (Å²) in [4.78, 5) is 30.2. The number of aromatic amines is 1. The van der Waals surface area contributed by atoms with Crippen molar-refractivity contribution >= 4 is 34.6 Å². The Bertz CT molecular complexity index is 1320. The van der Waals surface area contributed by atoms with Crippen molar-refractivity contribution in [1.82, 2.24) is 10.1 Å². The third-order valence-corrected chi connectivity index (χ3v) is 5.64. The lowest BCUT2D eigenvalue weighted by atomic mass is 9.94. The zero-order valence-electron chi connectivity index (χ0n) is 16.4. The second-order valence-corrected chi connectivity index (χ2v) is 7.66. The molecule has 0 spiro atoms. The average Bonchev–Trinajstić information content (AvgIpc) is 3.23. The molecule has 3 heterocycles. The van der Waals surface area contributed by atoms with E-state index >= 15 is 0 Å². The number of H-pyrrole nitrogens is 1. The summed E-state index contributed by atoms with van der Waals surface area (Å²) in [7, 11) is 0. The van der Waals surface area contributed by atoms with Gasteiger partial charge in [-0.05, 0) is 23.8 Å². The molecule has 2 aromatic carbocycles. The van der Waals surface area contributed by atoms with Crippen LogP contribution < -0.4 is 10.5 Å². The van der Waals surface area contributed by atoms with Crippen molar-refractivity contribution in [2.24, 2.45) is 0 Å². The molecule has 1 fully saturated rings. The van der Waals surface area contributed by atoms with Crippen molar-refractivity contribution in [3.8, 4) is 22.5 Å². The molecule has 5 rings (SSSR count). The Morgan fingerprint density at radius 3 is 2.58 bits per heavy atom. The number of morpholine rings is 1. The molecule has 0 amide bonds. The number of hydrogen-bond acceptors (Lipinski definition) is 6. The number of aromatic nitrogens is 2. The van der Waals surface area contributed by atoms with Crippen LogP contribution in [0.25, 0.3) is 33.4 Å². The van der Waals surface area contributed by atoms with Crippen LogP contribution in [-0.2, 0) is 4.74 Å². The van der Waals surface area contributed by atoms with E-state index in [-0.39, 0.29) is 22.4 Å². The Kier molecular flexibility index (Phi) is 5.05. The molecule has 1 aliphatic heterocycles. The lowest BCUT2D eigenvalue weighted by Gasteiger charge is -2.26. The number of anilines is 1. The smallest absolute Gasteiger partial charge is 0.260 e. The van der Waals surface area contributed by atoms with Crippen molar-refractivity contribution in [2.45, 2.75) is 0 Å². The first-order valence-corrected chi connectivity index (χ1v) is 10.2. The summed E-state index contributed by atoms with van der Waals surface area (Å²) in [6, 6.07) is 14.7. The number of carbonyl (C=O) groups is 1. The Labute approximate surface area is 182 Å². The molecule has 0 atom stereocenters. The van der Waals surface area contributed by atoms with E-state index in [4.69, 9.17) is 20.9 Å². The van der Waals surface area contributed by atoms with Gasteiger partial charge < -0.3 is 19.1 Å². The quantitative estimate of drug-likeness (QED) is 0.484. The third-order valence-electron chi connectivity index (χ3n) is 5.40. The second kappa shape index (κ2) is 8.02. The van der Waals surface area contributed by atoms with Crippen LogP contribution in [0.1, 0.15) is 10.4 Å². The van der Waals surface area contributed by atoms with Gasteiger partial charge in [-0.25, -0.2) is 0 Å². The van der Waals surface area contributed by atoms with Crippen LogP contribution in [0.4, 0.5) is 5.82 Å². The van der Waals surface area contributed by atoms with Gasteiger partial charge in [0.1, 0.15) is 5.56 Å². The maximum atomic E-state index is 13.2. The summed E-state index contributed by atoms with van der Waals surface area (Å²) in [5.74, 6) is 0.552. The molecule has 1 N–H and O–H groups in total. The molecule has 31 heavy (non-hydrogen) atoms. The molecule has 156 valence electrons. The third kappa shape index (κ3) is 3.41. The van der Waals surface area contributed by atoms with Gasteiger partial charge in [-0.1, -0.05) is 47.1 Å². The molecule has 0 bridgehead atoms. The fraction of sp³-hybridized carbons (Fsp3) is 0.174. The summed E-state index contributed by atoms with van der Waals surface area (Å²) in [5.41, 5.74) is 2.19. The summed E-state index contributed by atoms with van der Waals surface area (Å²) < 4.78 is 11.0. The Morgan fingerprint density at radius 2 is 1.84 bits per heavy atom. The standard InChI is InChI=1S/C23H18ClN3O4/c24-15-6-7-18-16(12-15)19(14-4-2-1-3-5-14)20(23(29)25-18)21-17(13-28)22(26-31-21)27-8-10-30-11-9-27/h1-7,12-13H,8-11H2,(H,25,29). The highest BCUT2D eigenvalue weighted by atomic mass is 35.5. The van der Waals surface area contributed by atoms with Crippen LogP contribution >= 0.6 is 11.6 Å². The van der Waals surface area contributed by atoms with Gasteiger partial charge in [-0.2, -0.15) is 0 Å². The fourth-order valence-corrected chi connectivity index (χ4v) is 4.14. The van der Waals surface area contributed by atoms with Gasteiger partial charge in [0.25, 0.3) is 5.56 Å². The highest BCUT2D eigenvalue weighted by Gasteiger charge is 2.28. The Morgan fingerprint density at radius 1 is 1.06 bits per heavy atom. The van der Waals surface area contributed by atoms with Crippen LogP contribution in [0.2, 0.25) is 5.02 Å². The minimum Gasteiger partial charge on any atom is -0.378 e. The van der Waals surface area contributed by atoms with E-state index < -0.39 is 0 Å². The number of aldehydes is 1. The fourth-order valence-electron chi connectivity index (χ4n) is 3.97. The number of nitrogens with zero attached hydrogens (tertiary/aromatic N) is 2. The number of fused-ring (bicyclic) bond motifs is 1. The summed E-state index contributed by atoms with van der Waals surface area (Å²) >= 11 is 6.28. The normalized spacial score (nSPS) is 14.2. The van der Waals surface area contributed by atoms with Gasteiger partial charge in [-0.3, -0.25) is 9.59 Å². The molecule has 0 unspecified atom stereocenters. The van der Waals surface area contributed by atoms with Gasteiger partial charge in [-0.15, -0.1) is 0 Å². The van der Waals surface area contributed by atoms with Gasteiger partial charge >= 0.3 is 0 Å². The summed E-state index contributed by atoms with van der Waals surface area (Å²) in [6.45, 7) is 2.24. The minimum absolute atomic E-state index is 0.137. The molecule has 4 aromatic rings. The lowest BCUT2D eigenvalue weighted by Crippen LogP contribution is -2.37. The molecule has 8 heteroatoms. The van der Waals surface area contributed by atoms with Crippen LogP contribution in [0, 0.1) is 0 Å². The first-order valence-electron chi connectivity index (χ1n) is 9.86. The predicted molar refractivity (Wildman–Crippen MR) is 119 cm³/mol. The van der Waals surface area contributed by atoms with Crippen molar-refractivity contribution in [3.05, 3.63) is 69.5 Å². The number of carbonyl (C=O) groups excluding carboxylic acids is 1. The number of pyridine rings is 1. The van der Waals surface area contributed by atoms with E-state index in [9.17, 15) is 9.59 Å². The molecule has 7 nitrogen and oxygen atoms in total. The Hall–Kier alpha value is -3.42. The number of hydrogen-bond donors (Lipinski definition) is 1. The molecule has 0 saturated carbocycles. The summed E-state index contributed by atoms with van der Waals surface area (Å²) in [5, 5.41) is 5.42. The van der Waals surface area contributed by atoms with Gasteiger partial charge in [0, 0.05) is 34.6 Å². The van der Waals surface area contributed by atoms with Crippen LogP contribution in [0.3, 0.4) is 0 Å². The molecular weight excluding hydrogens is 418 g/mol. The highest BCUT2D eigenvalue weighted by Crippen LogP contribution is 2.39. The maximum Gasteiger partial charge on any atom is 0.260 e. The first-order chi connectivity index (χ1) is 15.2. The molecule has 1 saturated heterocycles. The first kappa shape index (κ1) is 19.5. The molecule has 1 aliphatic rings. The SMILES string of the molecule is O=Cc1c(N2CCOCC2)noc1-c1c(-c2ccccc2)c2cc(Cl)ccc2[nH]c1=O. The minimum atomic E-state index is -0.374. The topological polar surface area (TPSA) is 88.4 Å². The Balaban J connectivity index is 1.82. The van der Waals surface area contributed by atoms with E-state index in [1.165, 1.54) is 0 Å². The van der Waals surface area contributed by atoms with Crippen molar-refractivity contribution in [2.75, 3.05) is 31.2 Å². The molecule has 0 radical (unpaired) electrons. The zero-order chi connectivity index (χ0) is 21.4. The lowest BCUT2D eigenvalue weighted by molar-refractivity contribution is 0.111. The van der Waals surface area contributed by atoms with Gasteiger partial charge in [0.05, 0.1) is 18.8 Å². The van der Waals surface area contributed by atoms with E-state index in [0.29, 0.717) is 54.5 Å². The second-order valence-electron chi connectivity index (χ2n) is 7.23. The zero-order valence-corrected chi connectivity index (χ0v) is 17.2. The number of nitrogens with one attached hydrogen (secondary N) is 1. The molecule has 2 aromatic heterocycles. The van der Waals surface area contributed by atoms with Crippen molar-refractivity contribution in [1.29, 1.82) is 0 Å². The van der Waals surface area contributed by atoms with Crippen molar-refractivity contribution in [3.63, 3.8) is 0 Å². The number of ether oxygens (including phenoxy) is 1. The van der Waals surface area contributed by atoms with Crippen LogP contribution in [-0.4, -0.2) is 42.7 Å². The predicted octanol–water partition coefficient (Wildman–Crippen LogP) is 4.15. The van der Waals surface area contributed by atoms with Gasteiger partial charge in [0.15, 0.2) is 17.9 Å². The molecule has 0 aliphatic carbocycles. The van der Waals surface area contributed by atoms with E-state index in [2.05, 4.69) is 10.1 Å². The van der Waals surface area contributed by atoms with Crippen LogP contribution in [0.15, 0.2) is 57.8 Å². The van der Waals surface area contributed by atoms with Crippen LogP contribution in [0.5, 0.6) is 0 Å². The average molecular weight is 436 g/mol. The highest BCUT2D eigenvalue weighted by molar-refractivity contribution is 6.31. The number of halogens is 1. The van der Waals surface area contributed by atoms with E-state index in [0.717, 1.165) is 10.9 Å². The van der Waals surface area contributed by atoms with Gasteiger partial charge in [0.2, 0.25) is 0 Å². The monoisotopic (exact) mass is 435 g/mol. The number of benzene rings is 2. The maximum absolute atomic E-state index is 13.2.